The first-order valence-electron chi connectivity index (χ1n) is 6.82. The third kappa shape index (κ3) is 2.17. The smallest absolute Gasteiger partial charge is 0.155 e. The van der Waals surface area contributed by atoms with Crippen LogP contribution in [0, 0.1) is 17.8 Å². The van der Waals surface area contributed by atoms with E-state index in [2.05, 4.69) is 26.1 Å². The van der Waals surface area contributed by atoms with Gasteiger partial charge in [-0.25, -0.2) is 0 Å². The zero-order chi connectivity index (χ0) is 11.8. The maximum atomic E-state index is 12.5. The molecule has 1 N–H and O–H groups in total. The number of hydrogen-bond donors (Lipinski definition) is 1. The molecule has 0 spiro atoms. The van der Waals surface area contributed by atoms with Gasteiger partial charge in [-0.2, -0.15) is 0 Å². The van der Waals surface area contributed by atoms with Gasteiger partial charge in [0, 0.05) is 5.92 Å². The van der Waals surface area contributed by atoms with Crippen LogP contribution in [0.3, 0.4) is 0 Å². The Morgan fingerprint density at radius 1 is 1.25 bits per heavy atom. The highest BCUT2D eigenvalue weighted by Crippen LogP contribution is 2.37. The van der Waals surface area contributed by atoms with Crippen molar-refractivity contribution in [2.24, 2.45) is 17.8 Å². The third-order valence-electron chi connectivity index (χ3n) is 4.88. The molecule has 1 aliphatic heterocycles. The van der Waals surface area contributed by atoms with Crippen molar-refractivity contribution in [1.82, 2.24) is 5.32 Å². The molecule has 0 aromatic rings. The molecule has 1 aliphatic carbocycles. The lowest BCUT2D eigenvalue weighted by Crippen LogP contribution is -2.48. The van der Waals surface area contributed by atoms with Crippen molar-refractivity contribution < 1.29 is 4.79 Å². The summed E-state index contributed by atoms with van der Waals surface area (Å²) >= 11 is 0. The number of carbonyl (C=O) groups excluding carboxylic acids is 1. The summed E-state index contributed by atoms with van der Waals surface area (Å²) in [6.07, 6.45) is 5.64. The molecule has 16 heavy (non-hydrogen) atoms. The summed E-state index contributed by atoms with van der Waals surface area (Å²) in [5.41, 5.74) is -0.203. The molecule has 2 nitrogen and oxygen atoms in total. The largest absolute Gasteiger partial charge is 0.305 e. The van der Waals surface area contributed by atoms with Crippen molar-refractivity contribution in [3.63, 3.8) is 0 Å². The first kappa shape index (κ1) is 12.1. The Morgan fingerprint density at radius 2 is 2.00 bits per heavy atom. The highest BCUT2D eigenvalue weighted by molar-refractivity contribution is 5.90. The van der Waals surface area contributed by atoms with Crippen LogP contribution in [-0.2, 0) is 4.79 Å². The molecule has 2 fully saturated rings. The van der Waals surface area contributed by atoms with E-state index in [0.717, 1.165) is 38.1 Å². The number of carbonyl (C=O) groups is 1. The molecular weight excluding hydrogens is 198 g/mol. The van der Waals surface area contributed by atoms with E-state index in [-0.39, 0.29) is 5.54 Å². The second-order valence-corrected chi connectivity index (χ2v) is 6.19. The van der Waals surface area contributed by atoms with Crippen LogP contribution in [-0.4, -0.2) is 17.9 Å². The Morgan fingerprint density at radius 3 is 2.56 bits per heavy atom. The molecule has 92 valence electrons. The second kappa shape index (κ2) is 4.48. The van der Waals surface area contributed by atoms with Crippen molar-refractivity contribution in [1.29, 1.82) is 0 Å². The summed E-state index contributed by atoms with van der Waals surface area (Å²) < 4.78 is 0. The molecule has 0 radical (unpaired) electrons. The van der Waals surface area contributed by atoms with Crippen molar-refractivity contribution >= 4 is 5.78 Å². The van der Waals surface area contributed by atoms with Gasteiger partial charge in [0.25, 0.3) is 0 Å². The van der Waals surface area contributed by atoms with E-state index in [0.29, 0.717) is 17.6 Å². The minimum Gasteiger partial charge on any atom is -0.305 e. The van der Waals surface area contributed by atoms with Crippen LogP contribution in [0.4, 0.5) is 0 Å². The first-order valence-corrected chi connectivity index (χ1v) is 6.82. The van der Waals surface area contributed by atoms with Crippen LogP contribution in [0.1, 0.15) is 52.9 Å². The Bertz CT molecular complexity index is 268. The Balaban J connectivity index is 2.00. The van der Waals surface area contributed by atoms with Gasteiger partial charge < -0.3 is 5.32 Å². The molecule has 2 heteroatoms. The summed E-state index contributed by atoms with van der Waals surface area (Å²) in [5.74, 6) is 2.33. The first-order chi connectivity index (χ1) is 7.53. The predicted octanol–water partition coefficient (Wildman–Crippen LogP) is 2.77. The Hall–Kier alpha value is -0.370. The quantitative estimate of drug-likeness (QED) is 0.780. The van der Waals surface area contributed by atoms with Crippen LogP contribution in [0.2, 0.25) is 0 Å². The van der Waals surface area contributed by atoms with Gasteiger partial charge in [0.1, 0.15) is 0 Å². The van der Waals surface area contributed by atoms with E-state index in [1.54, 1.807) is 0 Å². The van der Waals surface area contributed by atoms with Crippen molar-refractivity contribution in [3.8, 4) is 0 Å². The molecule has 4 atom stereocenters. The Kier molecular flexibility index (Phi) is 3.39. The highest BCUT2D eigenvalue weighted by atomic mass is 16.1. The van der Waals surface area contributed by atoms with Crippen LogP contribution in [0.25, 0.3) is 0 Å². The van der Waals surface area contributed by atoms with E-state index >= 15 is 0 Å². The molecule has 1 heterocycles. The van der Waals surface area contributed by atoms with Crippen LogP contribution in [0.15, 0.2) is 0 Å². The second-order valence-electron chi connectivity index (χ2n) is 6.19. The normalized spacial score (nSPS) is 44.6. The topological polar surface area (TPSA) is 29.1 Å². The van der Waals surface area contributed by atoms with Crippen molar-refractivity contribution in [2.45, 2.75) is 58.4 Å². The van der Waals surface area contributed by atoms with E-state index in [1.807, 2.05) is 0 Å². The molecule has 1 saturated carbocycles. The molecular formula is C14H25NO. The van der Waals surface area contributed by atoms with Gasteiger partial charge >= 0.3 is 0 Å². The van der Waals surface area contributed by atoms with Gasteiger partial charge in [0.05, 0.1) is 5.54 Å². The minimum atomic E-state index is -0.203. The lowest BCUT2D eigenvalue weighted by molar-refractivity contribution is -0.130. The summed E-state index contributed by atoms with van der Waals surface area (Å²) in [6, 6.07) is 0. The maximum absolute atomic E-state index is 12.5. The molecule has 0 amide bonds. The minimum absolute atomic E-state index is 0.203. The standard InChI is InChI=1S/C14H25NO/c1-10-5-6-12(9-11(10)2)13(16)14(3)7-4-8-15-14/h10-12,15H,4-9H2,1-3H3. The summed E-state index contributed by atoms with van der Waals surface area (Å²) in [5, 5.41) is 3.41. The monoisotopic (exact) mass is 223 g/mol. The van der Waals surface area contributed by atoms with Crippen molar-refractivity contribution in [2.75, 3.05) is 6.54 Å². The Labute approximate surface area is 99.2 Å². The number of rotatable bonds is 2. The average Bonchev–Trinajstić information content (AvgIpc) is 2.70. The van der Waals surface area contributed by atoms with Crippen LogP contribution in [0.5, 0.6) is 0 Å². The van der Waals surface area contributed by atoms with E-state index < -0.39 is 0 Å². The molecule has 2 rings (SSSR count). The summed E-state index contributed by atoms with van der Waals surface area (Å²) in [4.78, 5) is 12.5. The molecule has 4 unspecified atom stereocenters. The fourth-order valence-electron chi connectivity index (χ4n) is 3.34. The SMILES string of the molecule is CC1CCC(C(=O)C2(C)CCCN2)CC1C. The highest BCUT2D eigenvalue weighted by Gasteiger charge is 2.41. The van der Waals surface area contributed by atoms with Gasteiger partial charge in [-0.3, -0.25) is 4.79 Å². The predicted molar refractivity (Wildman–Crippen MR) is 66.3 cm³/mol. The summed E-state index contributed by atoms with van der Waals surface area (Å²) in [6.45, 7) is 7.74. The van der Waals surface area contributed by atoms with Gasteiger partial charge in [-0.05, 0) is 57.4 Å². The molecule has 0 bridgehead atoms. The summed E-state index contributed by atoms with van der Waals surface area (Å²) in [7, 11) is 0. The molecule has 0 aromatic carbocycles. The lowest BCUT2D eigenvalue weighted by Gasteiger charge is -2.35. The average molecular weight is 223 g/mol. The zero-order valence-electron chi connectivity index (χ0n) is 10.9. The van der Waals surface area contributed by atoms with Crippen molar-refractivity contribution in [3.05, 3.63) is 0 Å². The van der Waals surface area contributed by atoms with Gasteiger partial charge in [-0.15, -0.1) is 0 Å². The number of Topliss-reactive ketones (excluding diaryl/α,β-unsaturated/α-hetero) is 1. The van der Waals surface area contributed by atoms with Crippen LogP contribution < -0.4 is 5.32 Å². The van der Waals surface area contributed by atoms with Gasteiger partial charge in [0.2, 0.25) is 0 Å². The number of nitrogens with one attached hydrogen (secondary N) is 1. The fourth-order valence-corrected chi connectivity index (χ4v) is 3.34. The molecule has 2 aliphatic rings. The van der Waals surface area contributed by atoms with Crippen LogP contribution >= 0.6 is 0 Å². The molecule has 0 aromatic heterocycles. The van der Waals surface area contributed by atoms with Gasteiger partial charge in [-0.1, -0.05) is 13.8 Å². The number of hydrogen-bond acceptors (Lipinski definition) is 2. The number of ketones is 1. The molecule has 1 saturated heterocycles. The third-order valence-corrected chi connectivity index (χ3v) is 4.88. The van der Waals surface area contributed by atoms with E-state index in [1.165, 1.54) is 6.42 Å². The van der Waals surface area contributed by atoms with Gasteiger partial charge in [0.15, 0.2) is 5.78 Å². The maximum Gasteiger partial charge on any atom is 0.155 e. The van der Waals surface area contributed by atoms with E-state index in [9.17, 15) is 4.79 Å². The lowest BCUT2D eigenvalue weighted by atomic mass is 9.71. The zero-order valence-corrected chi connectivity index (χ0v) is 10.9. The van der Waals surface area contributed by atoms with E-state index in [4.69, 9.17) is 0 Å². The fraction of sp³-hybridized carbons (Fsp3) is 0.929.